The first-order chi connectivity index (χ1) is 7.04. The quantitative estimate of drug-likeness (QED) is 0.703. The van der Waals surface area contributed by atoms with Gasteiger partial charge in [0.2, 0.25) is 5.91 Å². The van der Waals surface area contributed by atoms with Gasteiger partial charge in [-0.15, -0.1) is 0 Å². The van der Waals surface area contributed by atoms with Crippen molar-refractivity contribution in [1.82, 2.24) is 4.90 Å². The second-order valence-corrected chi connectivity index (χ2v) is 5.38. The van der Waals surface area contributed by atoms with Crippen LogP contribution in [0.15, 0.2) is 0 Å². The van der Waals surface area contributed by atoms with Crippen LogP contribution in [0.5, 0.6) is 0 Å². The van der Waals surface area contributed by atoms with Crippen LogP contribution in [0.3, 0.4) is 0 Å². The molecule has 1 rings (SSSR count). The molecule has 0 aliphatic carbocycles. The lowest BCUT2D eigenvalue weighted by molar-refractivity contribution is -0.137. The Labute approximate surface area is 94.0 Å². The van der Waals surface area contributed by atoms with E-state index in [-0.39, 0.29) is 5.92 Å². The molecule has 0 N–H and O–H groups in total. The fourth-order valence-electron chi connectivity index (χ4n) is 2.71. The summed E-state index contributed by atoms with van der Waals surface area (Å²) in [6, 6.07) is 0. The Morgan fingerprint density at radius 2 is 1.87 bits per heavy atom. The van der Waals surface area contributed by atoms with E-state index in [1.54, 1.807) is 0 Å². The first-order valence-corrected chi connectivity index (χ1v) is 6.33. The Bertz CT molecular complexity index is 205. The molecule has 2 heteroatoms. The van der Waals surface area contributed by atoms with Gasteiger partial charge in [-0.25, -0.2) is 0 Å². The monoisotopic (exact) mass is 211 g/mol. The average Bonchev–Trinajstić information content (AvgIpc) is 2.15. The van der Waals surface area contributed by atoms with Crippen molar-refractivity contribution in [2.24, 2.45) is 17.8 Å². The summed E-state index contributed by atoms with van der Waals surface area (Å²) in [5.74, 6) is 1.93. The van der Waals surface area contributed by atoms with E-state index in [0.717, 1.165) is 25.9 Å². The second kappa shape index (κ2) is 5.53. The van der Waals surface area contributed by atoms with Crippen LogP contribution in [0.1, 0.15) is 47.0 Å². The Hall–Kier alpha value is -0.530. The van der Waals surface area contributed by atoms with Gasteiger partial charge in [0.25, 0.3) is 0 Å². The van der Waals surface area contributed by atoms with Crippen LogP contribution in [0, 0.1) is 17.8 Å². The maximum Gasteiger partial charge on any atom is 0.225 e. The third-order valence-corrected chi connectivity index (χ3v) is 3.32. The molecule has 2 nitrogen and oxygen atoms in total. The zero-order chi connectivity index (χ0) is 11.4. The van der Waals surface area contributed by atoms with E-state index in [1.165, 1.54) is 6.42 Å². The summed E-state index contributed by atoms with van der Waals surface area (Å²) in [7, 11) is 0. The maximum atomic E-state index is 12.1. The third kappa shape index (κ3) is 3.51. The van der Waals surface area contributed by atoms with Gasteiger partial charge in [0.05, 0.1) is 0 Å². The summed E-state index contributed by atoms with van der Waals surface area (Å²) >= 11 is 0. The molecule has 1 amide bonds. The molecule has 1 aliphatic heterocycles. The van der Waals surface area contributed by atoms with Gasteiger partial charge in [0, 0.05) is 19.0 Å². The molecule has 3 atom stereocenters. The van der Waals surface area contributed by atoms with Gasteiger partial charge >= 0.3 is 0 Å². The number of hydrogen-bond acceptors (Lipinski definition) is 1. The van der Waals surface area contributed by atoms with Crippen LogP contribution in [0.25, 0.3) is 0 Å². The number of amides is 1. The van der Waals surface area contributed by atoms with Crippen molar-refractivity contribution in [3.8, 4) is 0 Å². The van der Waals surface area contributed by atoms with Crippen molar-refractivity contribution in [3.05, 3.63) is 0 Å². The molecule has 0 bridgehead atoms. The van der Waals surface area contributed by atoms with Crippen molar-refractivity contribution < 1.29 is 4.79 Å². The van der Waals surface area contributed by atoms with E-state index in [0.29, 0.717) is 17.7 Å². The molecule has 1 saturated heterocycles. The SMILES string of the molecule is CCC[C@@H](C)C(=O)N1C[C@H](C)C[C@@H](C)C1. The molecule has 0 aromatic carbocycles. The summed E-state index contributed by atoms with van der Waals surface area (Å²) in [5.41, 5.74) is 0. The molecule has 0 spiro atoms. The summed E-state index contributed by atoms with van der Waals surface area (Å²) in [5, 5.41) is 0. The van der Waals surface area contributed by atoms with Crippen molar-refractivity contribution in [3.63, 3.8) is 0 Å². The molecular weight excluding hydrogens is 186 g/mol. The Balaban J connectivity index is 2.51. The van der Waals surface area contributed by atoms with Crippen molar-refractivity contribution in [2.45, 2.75) is 47.0 Å². The fraction of sp³-hybridized carbons (Fsp3) is 0.923. The smallest absolute Gasteiger partial charge is 0.225 e. The molecule has 1 aliphatic rings. The molecule has 88 valence electrons. The minimum absolute atomic E-state index is 0.215. The highest BCUT2D eigenvalue weighted by Crippen LogP contribution is 2.23. The van der Waals surface area contributed by atoms with Crippen molar-refractivity contribution in [1.29, 1.82) is 0 Å². The normalized spacial score (nSPS) is 28.9. The summed E-state index contributed by atoms with van der Waals surface area (Å²) in [6.45, 7) is 10.6. The van der Waals surface area contributed by atoms with Gasteiger partial charge in [-0.2, -0.15) is 0 Å². The van der Waals surface area contributed by atoms with Gasteiger partial charge in [0.15, 0.2) is 0 Å². The Kier molecular flexibility index (Phi) is 4.62. The summed E-state index contributed by atoms with van der Waals surface area (Å²) in [6.07, 6.45) is 3.40. The van der Waals surface area contributed by atoms with Gasteiger partial charge < -0.3 is 4.90 Å². The van der Waals surface area contributed by atoms with E-state index in [9.17, 15) is 4.79 Å². The predicted molar refractivity (Wildman–Crippen MR) is 63.6 cm³/mol. The van der Waals surface area contributed by atoms with Gasteiger partial charge in [-0.05, 0) is 24.7 Å². The number of likely N-dealkylation sites (tertiary alicyclic amines) is 1. The maximum absolute atomic E-state index is 12.1. The van der Waals surface area contributed by atoms with Gasteiger partial charge in [-0.3, -0.25) is 4.79 Å². The zero-order valence-electron chi connectivity index (χ0n) is 10.6. The highest BCUT2D eigenvalue weighted by Gasteiger charge is 2.27. The standard InChI is InChI=1S/C13H25NO/c1-5-6-12(4)13(15)14-8-10(2)7-11(3)9-14/h10-12H,5-9H2,1-4H3/t10-,11-,12-/m1/s1. The minimum atomic E-state index is 0.215. The number of nitrogens with zero attached hydrogens (tertiary/aromatic N) is 1. The fourth-order valence-corrected chi connectivity index (χ4v) is 2.71. The second-order valence-electron chi connectivity index (χ2n) is 5.38. The van der Waals surface area contributed by atoms with E-state index in [4.69, 9.17) is 0 Å². The predicted octanol–water partition coefficient (Wildman–Crippen LogP) is 2.93. The lowest BCUT2D eigenvalue weighted by Crippen LogP contribution is -2.44. The molecular formula is C13H25NO. The van der Waals surface area contributed by atoms with Crippen LogP contribution < -0.4 is 0 Å². The van der Waals surface area contributed by atoms with Crippen LogP contribution in [0.2, 0.25) is 0 Å². The van der Waals surface area contributed by atoms with Crippen LogP contribution >= 0.6 is 0 Å². The first kappa shape index (κ1) is 12.5. The molecule has 0 aromatic heterocycles. The molecule has 15 heavy (non-hydrogen) atoms. The molecule has 0 radical (unpaired) electrons. The summed E-state index contributed by atoms with van der Waals surface area (Å²) in [4.78, 5) is 14.2. The van der Waals surface area contributed by atoms with Crippen LogP contribution in [-0.4, -0.2) is 23.9 Å². The van der Waals surface area contributed by atoms with Gasteiger partial charge in [-0.1, -0.05) is 34.1 Å². The largest absolute Gasteiger partial charge is 0.342 e. The average molecular weight is 211 g/mol. The summed E-state index contributed by atoms with van der Waals surface area (Å²) < 4.78 is 0. The highest BCUT2D eigenvalue weighted by molar-refractivity contribution is 5.78. The molecule has 0 aromatic rings. The van der Waals surface area contributed by atoms with E-state index in [2.05, 4.69) is 32.6 Å². The lowest BCUT2D eigenvalue weighted by Gasteiger charge is -2.36. The van der Waals surface area contributed by atoms with Crippen molar-refractivity contribution in [2.75, 3.05) is 13.1 Å². The number of piperidine rings is 1. The van der Waals surface area contributed by atoms with Gasteiger partial charge in [0.1, 0.15) is 0 Å². The van der Waals surface area contributed by atoms with Crippen LogP contribution in [-0.2, 0) is 4.79 Å². The van der Waals surface area contributed by atoms with E-state index in [1.807, 2.05) is 0 Å². The molecule has 1 heterocycles. The number of rotatable bonds is 3. The highest BCUT2D eigenvalue weighted by atomic mass is 16.2. The minimum Gasteiger partial charge on any atom is -0.342 e. The first-order valence-electron chi connectivity index (χ1n) is 6.33. The number of hydrogen-bond donors (Lipinski definition) is 0. The number of carbonyl (C=O) groups is 1. The molecule has 1 fully saturated rings. The third-order valence-electron chi connectivity index (χ3n) is 3.32. The topological polar surface area (TPSA) is 20.3 Å². The Morgan fingerprint density at radius 3 is 2.33 bits per heavy atom. The number of carbonyl (C=O) groups excluding carboxylic acids is 1. The molecule has 0 unspecified atom stereocenters. The van der Waals surface area contributed by atoms with E-state index < -0.39 is 0 Å². The van der Waals surface area contributed by atoms with Crippen molar-refractivity contribution >= 4 is 5.91 Å². The lowest BCUT2D eigenvalue weighted by atomic mass is 9.90. The van der Waals surface area contributed by atoms with E-state index >= 15 is 0 Å². The van der Waals surface area contributed by atoms with Crippen LogP contribution in [0.4, 0.5) is 0 Å². The zero-order valence-corrected chi connectivity index (χ0v) is 10.6. The molecule has 0 saturated carbocycles. The Morgan fingerprint density at radius 1 is 1.33 bits per heavy atom.